The maximum Gasteiger partial charge on any atom is 0.0337 e. The fourth-order valence-electron chi connectivity index (χ4n) is 3.02. The van der Waals surface area contributed by atoms with E-state index in [-0.39, 0.29) is 0 Å². The Labute approximate surface area is 117 Å². The van der Waals surface area contributed by atoms with Crippen molar-refractivity contribution >= 4 is 5.69 Å². The van der Waals surface area contributed by atoms with Crippen LogP contribution in [0.2, 0.25) is 0 Å². The first-order valence-electron chi connectivity index (χ1n) is 7.31. The van der Waals surface area contributed by atoms with Crippen LogP contribution in [-0.2, 0) is 6.54 Å². The molecular weight excluding hydrogens is 234 g/mol. The first-order chi connectivity index (χ1) is 9.17. The number of rotatable bonds is 5. The summed E-state index contributed by atoms with van der Waals surface area (Å²) in [4.78, 5) is 4.92. The van der Waals surface area contributed by atoms with E-state index in [1.165, 1.54) is 43.7 Å². The van der Waals surface area contributed by atoms with Gasteiger partial charge in [-0.25, -0.2) is 0 Å². The van der Waals surface area contributed by atoms with Crippen molar-refractivity contribution in [2.45, 2.75) is 19.4 Å². The van der Waals surface area contributed by atoms with Crippen molar-refractivity contribution in [3.63, 3.8) is 0 Å². The number of benzene rings is 1. The number of likely N-dealkylation sites (tertiary alicyclic amines) is 1. The first kappa shape index (κ1) is 14.4. The molecule has 19 heavy (non-hydrogen) atoms. The van der Waals surface area contributed by atoms with E-state index in [1.807, 2.05) is 7.05 Å². The number of nitrogens with one attached hydrogen (secondary N) is 1. The maximum absolute atomic E-state index is 3.16. The van der Waals surface area contributed by atoms with Crippen LogP contribution in [-0.4, -0.2) is 50.6 Å². The fraction of sp³-hybridized carbons (Fsp3) is 0.625. The average molecular weight is 261 g/mol. The van der Waals surface area contributed by atoms with Crippen LogP contribution in [0, 0.1) is 5.92 Å². The Hall–Kier alpha value is -1.06. The van der Waals surface area contributed by atoms with Gasteiger partial charge in [0.25, 0.3) is 0 Å². The summed E-state index contributed by atoms with van der Waals surface area (Å²) in [5.74, 6) is 0.834. The zero-order valence-corrected chi connectivity index (χ0v) is 12.5. The molecule has 1 atom stereocenters. The number of hydrogen-bond acceptors (Lipinski definition) is 3. The predicted molar refractivity (Wildman–Crippen MR) is 82.5 cm³/mol. The quantitative estimate of drug-likeness (QED) is 0.878. The molecule has 1 N–H and O–H groups in total. The van der Waals surface area contributed by atoms with Gasteiger partial charge in [-0.3, -0.25) is 0 Å². The highest BCUT2D eigenvalue weighted by Crippen LogP contribution is 2.17. The highest BCUT2D eigenvalue weighted by atomic mass is 15.1. The molecule has 0 radical (unpaired) electrons. The van der Waals surface area contributed by atoms with E-state index < -0.39 is 0 Å². The summed E-state index contributed by atoms with van der Waals surface area (Å²) in [7, 11) is 6.43. The molecule has 1 aromatic rings. The predicted octanol–water partition coefficient (Wildman–Crippen LogP) is 2.50. The Balaban J connectivity index is 1.81. The van der Waals surface area contributed by atoms with Crippen molar-refractivity contribution < 1.29 is 0 Å². The van der Waals surface area contributed by atoms with Crippen LogP contribution in [0.4, 0.5) is 5.69 Å². The Kier molecular flexibility index (Phi) is 5.23. The van der Waals surface area contributed by atoms with Gasteiger partial charge in [-0.2, -0.15) is 0 Å². The molecule has 1 saturated heterocycles. The zero-order valence-electron chi connectivity index (χ0n) is 12.5. The number of piperidine rings is 1. The molecule has 2 rings (SSSR count). The minimum Gasteiger partial charge on any atom is -0.388 e. The van der Waals surface area contributed by atoms with Gasteiger partial charge in [-0.05, 0) is 57.1 Å². The molecule has 0 saturated carbocycles. The van der Waals surface area contributed by atoms with E-state index in [9.17, 15) is 0 Å². The van der Waals surface area contributed by atoms with Crippen LogP contribution in [0.3, 0.4) is 0 Å². The van der Waals surface area contributed by atoms with Crippen molar-refractivity contribution in [2.24, 2.45) is 5.92 Å². The van der Waals surface area contributed by atoms with E-state index in [1.54, 1.807) is 0 Å². The van der Waals surface area contributed by atoms with E-state index in [0.717, 1.165) is 12.5 Å². The third-order valence-electron chi connectivity index (χ3n) is 3.99. The van der Waals surface area contributed by atoms with Gasteiger partial charge in [0.05, 0.1) is 0 Å². The molecule has 0 aromatic heterocycles. The van der Waals surface area contributed by atoms with Crippen LogP contribution in [0.5, 0.6) is 0 Å². The summed E-state index contributed by atoms with van der Waals surface area (Å²) in [6, 6.07) is 8.74. The molecule has 3 heteroatoms. The van der Waals surface area contributed by atoms with E-state index in [4.69, 9.17) is 0 Å². The van der Waals surface area contributed by atoms with Gasteiger partial charge in [0.1, 0.15) is 0 Å². The number of hydrogen-bond donors (Lipinski definition) is 1. The van der Waals surface area contributed by atoms with Gasteiger partial charge < -0.3 is 15.1 Å². The number of nitrogens with zero attached hydrogens (tertiary/aromatic N) is 2. The molecule has 1 unspecified atom stereocenters. The van der Waals surface area contributed by atoms with Crippen LogP contribution >= 0.6 is 0 Å². The summed E-state index contributed by atoms with van der Waals surface area (Å²) in [6.07, 6.45) is 2.74. The molecule has 1 fully saturated rings. The van der Waals surface area contributed by atoms with Crippen molar-refractivity contribution in [3.05, 3.63) is 29.8 Å². The van der Waals surface area contributed by atoms with Gasteiger partial charge >= 0.3 is 0 Å². The van der Waals surface area contributed by atoms with E-state index in [0.29, 0.717) is 0 Å². The lowest BCUT2D eigenvalue weighted by molar-refractivity contribution is 0.163. The van der Waals surface area contributed by atoms with Crippen LogP contribution in [0.1, 0.15) is 18.4 Å². The molecule has 0 bridgehead atoms. The van der Waals surface area contributed by atoms with Gasteiger partial charge in [0, 0.05) is 32.4 Å². The summed E-state index contributed by atoms with van der Waals surface area (Å²) in [5.41, 5.74) is 2.57. The third kappa shape index (κ3) is 4.51. The average Bonchev–Trinajstić information content (AvgIpc) is 2.39. The molecule has 0 amide bonds. The summed E-state index contributed by atoms with van der Waals surface area (Å²) >= 11 is 0. The summed E-state index contributed by atoms with van der Waals surface area (Å²) in [6.45, 7) is 4.77. The summed E-state index contributed by atoms with van der Waals surface area (Å²) in [5, 5.41) is 3.16. The number of anilines is 1. The van der Waals surface area contributed by atoms with Crippen molar-refractivity contribution in [2.75, 3.05) is 46.1 Å². The lowest BCUT2D eigenvalue weighted by Gasteiger charge is -2.32. The van der Waals surface area contributed by atoms with E-state index in [2.05, 4.69) is 53.5 Å². The fourth-order valence-corrected chi connectivity index (χ4v) is 3.02. The second-order valence-corrected chi connectivity index (χ2v) is 5.91. The van der Waals surface area contributed by atoms with Gasteiger partial charge in [0.2, 0.25) is 0 Å². The lowest BCUT2D eigenvalue weighted by Crippen LogP contribution is -2.37. The first-order valence-corrected chi connectivity index (χ1v) is 7.31. The van der Waals surface area contributed by atoms with Crippen LogP contribution < -0.4 is 5.32 Å². The maximum atomic E-state index is 3.16. The second-order valence-electron chi connectivity index (χ2n) is 5.91. The Morgan fingerprint density at radius 3 is 2.68 bits per heavy atom. The third-order valence-corrected chi connectivity index (χ3v) is 3.99. The van der Waals surface area contributed by atoms with Crippen LogP contribution in [0.25, 0.3) is 0 Å². The summed E-state index contributed by atoms with van der Waals surface area (Å²) < 4.78 is 0. The smallest absolute Gasteiger partial charge is 0.0337 e. The zero-order chi connectivity index (χ0) is 13.7. The molecule has 1 aliphatic rings. The van der Waals surface area contributed by atoms with Gasteiger partial charge in [0.15, 0.2) is 0 Å². The minimum atomic E-state index is 0.834. The van der Waals surface area contributed by atoms with Gasteiger partial charge in [-0.15, -0.1) is 0 Å². The normalized spacial score (nSPS) is 20.7. The molecule has 0 spiro atoms. The molecule has 1 aromatic carbocycles. The monoisotopic (exact) mass is 261 g/mol. The molecule has 106 valence electrons. The Morgan fingerprint density at radius 1 is 1.32 bits per heavy atom. The van der Waals surface area contributed by atoms with E-state index >= 15 is 0 Å². The Morgan fingerprint density at radius 2 is 2.05 bits per heavy atom. The SMILES string of the molecule is CNc1ccc(CN(C)CC2CCCN(C)C2)cc1. The molecule has 1 aliphatic heterocycles. The largest absolute Gasteiger partial charge is 0.388 e. The van der Waals surface area contributed by atoms with Crippen LogP contribution in [0.15, 0.2) is 24.3 Å². The molecule has 1 heterocycles. The van der Waals surface area contributed by atoms with Crippen molar-refractivity contribution in [3.8, 4) is 0 Å². The van der Waals surface area contributed by atoms with Crippen molar-refractivity contribution in [1.29, 1.82) is 0 Å². The molecule has 3 nitrogen and oxygen atoms in total. The highest BCUT2D eigenvalue weighted by Gasteiger charge is 2.18. The molecular formula is C16H27N3. The highest BCUT2D eigenvalue weighted by molar-refractivity contribution is 5.43. The second kappa shape index (κ2) is 6.92. The molecule has 0 aliphatic carbocycles. The topological polar surface area (TPSA) is 18.5 Å². The minimum absolute atomic E-state index is 0.834. The van der Waals surface area contributed by atoms with Crippen molar-refractivity contribution in [1.82, 2.24) is 9.80 Å². The Bertz CT molecular complexity index is 374. The standard InChI is InChI=1S/C16H27N3/c1-17-16-8-6-14(7-9-16)11-19(3)13-15-5-4-10-18(2)12-15/h6-9,15,17H,4-5,10-13H2,1-3H3. The lowest BCUT2D eigenvalue weighted by atomic mass is 9.98. The van der Waals surface area contributed by atoms with Gasteiger partial charge in [-0.1, -0.05) is 12.1 Å².